The second-order valence-corrected chi connectivity index (χ2v) is 7.12. The van der Waals surface area contributed by atoms with Crippen LogP contribution in [0, 0.1) is 5.92 Å². The summed E-state index contributed by atoms with van der Waals surface area (Å²) in [6.45, 7) is 5.18. The van der Waals surface area contributed by atoms with E-state index in [4.69, 9.17) is 14.6 Å². The van der Waals surface area contributed by atoms with Crippen molar-refractivity contribution in [2.24, 2.45) is 5.92 Å². The molecule has 1 unspecified atom stereocenters. The predicted molar refractivity (Wildman–Crippen MR) is 87.8 cm³/mol. The quantitative estimate of drug-likeness (QED) is 0.873. The van der Waals surface area contributed by atoms with Crippen LogP contribution in [0.25, 0.3) is 10.9 Å². The van der Waals surface area contributed by atoms with Crippen molar-refractivity contribution in [1.29, 1.82) is 0 Å². The Morgan fingerprint density at radius 1 is 1.17 bits per heavy atom. The van der Waals surface area contributed by atoms with E-state index < -0.39 is 0 Å². The fourth-order valence-corrected chi connectivity index (χ4v) is 4.36. The van der Waals surface area contributed by atoms with Crippen molar-refractivity contribution in [3.05, 3.63) is 24.4 Å². The molecule has 2 atom stereocenters. The van der Waals surface area contributed by atoms with Gasteiger partial charge >= 0.3 is 0 Å². The fourth-order valence-electron chi connectivity index (χ4n) is 4.36. The molecule has 4 aliphatic rings. The number of fused-ring (bicyclic) bond motifs is 4. The van der Waals surface area contributed by atoms with Crippen LogP contribution in [0.15, 0.2) is 24.4 Å². The molecule has 2 bridgehead atoms. The van der Waals surface area contributed by atoms with Crippen LogP contribution >= 0.6 is 0 Å². The van der Waals surface area contributed by atoms with Crippen LogP contribution in [-0.4, -0.2) is 53.6 Å². The van der Waals surface area contributed by atoms with Gasteiger partial charge < -0.3 is 14.4 Å². The fraction of sp³-hybridized carbons (Fsp3) is 0.611. The van der Waals surface area contributed by atoms with Crippen LogP contribution in [0.1, 0.15) is 25.3 Å². The smallest absolute Gasteiger partial charge is 0.124 e. The highest BCUT2D eigenvalue weighted by molar-refractivity contribution is 5.80. The van der Waals surface area contributed by atoms with Crippen molar-refractivity contribution < 1.29 is 9.47 Å². The molecule has 0 radical (unpaired) electrons. The lowest BCUT2D eigenvalue weighted by Crippen LogP contribution is -2.48. The number of aromatic nitrogens is 2. The van der Waals surface area contributed by atoms with Crippen molar-refractivity contribution in [1.82, 2.24) is 14.7 Å². The standard InChI is InChI=1S/C18H23N3O2/c1-2-15(23-16-5-8-22-12-16)9-17-14(1)10-19-21(17)18-11-20-6-3-13(18)4-7-20/h1-2,9-10,13,16,18H,3-8,11-12H2/t16?,18-/m1/s1. The van der Waals surface area contributed by atoms with Crippen molar-refractivity contribution in [3.63, 3.8) is 0 Å². The van der Waals surface area contributed by atoms with E-state index in [-0.39, 0.29) is 6.10 Å². The Morgan fingerprint density at radius 2 is 2.09 bits per heavy atom. The monoisotopic (exact) mass is 313 g/mol. The highest BCUT2D eigenvalue weighted by atomic mass is 16.5. The van der Waals surface area contributed by atoms with E-state index in [1.165, 1.54) is 36.8 Å². The van der Waals surface area contributed by atoms with Crippen LogP contribution in [0.4, 0.5) is 0 Å². The molecule has 2 aromatic rings. The van der Waals surface area contributed by atoms with Crippen molar-refractivity contribution in [2.75, 3.05) is 32.8 Å². The largest absolute Gasteiger partial charge is 0.488 e. The van der Waals surface area contributed by atoms with Gasteiger partial charge in [0.25, 0.3) is 0 Å². The van der Waals surface area contributed by atoms with Crippen molar-refractivity contribution >= 4 is 10.9 Å². The first-order chi connectivity index (χ1) is 11.4. The number of piperidine rings is 3. The third kappa shape index (κ3) is 2.42. The molecule has 5 heteroatoms. The SMILES string of the molecule is c1cc2cnn([C@@H]3CN4CCC3CC4)c2cc1OC1CCOC1. The predicted octanol–water partition coefficient (Wildman–Crippen LogP) is 2.47. The third-order valence-corrected chi connectivity index (χ3v) is 5.70. The Bertz CT molecular complexity index is 699. The van der Waals surface area contributed by atoms with Gasteiger partial charge in [-0.15, -0.1) is 0 Å². The Kier molecular flexibility index (Phi) is 3.30. The van der Waals surface area contributed by atoms with E-state index >= 15 is 0 Å². The lowest BCUT2D eigenvalue weighted by atomic mass is 9.84. The minimum absolute atomic E-state index is 0.195. The van der Waals surface area contributed by atoms with E-state index in [2.05, 4.69) is 27.8 Å². The molecule has 122 valence electrons. The second-order valence-electron chi connectivity index (χ2n) is 7.12. The van der Waals surface area contributed by atoms with E-state index in [1.54, 1.807) is 0 Å². The number of benzene rings is 1. The number of ether oxygens (including phenoxy) is 2. The molecule has 0 spiro atoms. The third-order valence-electron chi connectivity index (χ3n) is 5.70. The summed E-state index contributed by atoms with van der Waals surface area (Å²) in [5.74, 6) is 1.71. The molecule has 0 N–H and O–H groups in total. The molecule has 23 heavy (non-hydrogen) atoms. The van der Waals surface area contributed by atoms with Gasteiger partial charge in [-0.1, -0.05) is 0 Å². The molecular weight excluding hydrogens is 290 g/mol. The molecule has 6 rings (SSSR count). The molecule has 4 fully saturated rings. The maximum absolute atomic E-state index is 6.08. The van der Waals surface area contributed by atoms with Gasteiger partial charge in [-0.25, -0.2) is 0 Å². The summed E-state index contributed by atoms with van der Waals surface area (Å²) in [6.07, 6.45) is 5.79. The van der Waals surface area contributed by atoms with Crippen LogP contribution in [0.2, 0.25) is 0 Å². The molecule has 1 aromatic heterocycles. The highest BCUT2D eigenvalue weighted by Gasteiger charge is 2.36. The summed E-state index contributed by atoms with van der Waals surface area (Å²) in [7, 11) is 0. The summed E-state index contributed by atoms with van der Waals surface area (Å²) < 4.78 is 13.7. The zero-order valence-corrected chi connectivity index (χ0v) is 13.4. The highest BCUT2D eigenvalue weighted by Crippen LogP contribution is 2.37. The van der Waals surface area contributed by atoms with E-state index in [1.807, 2.05) is 6.20 Å². The summed E-state index contributed by atoms with van der Waals surface area (Å²) in [4.78, 5) is 2.58. The molecule has 5 nitrogen and oxygen atoms in total. The Balaban J connectivity index is 1.46. The van der Waals surface area contributed by atoms with Crippen molar-refractivity contribution in [3.8, 4) is 5.75 Å². The number of hydrogen-bond acceptors (Lipinski definition) is 4. The van der Waals surface area contributed by atoms with Crippen LogP contribution in [0.5, 0.6) is 5.75 Å². The zero-order chi connectivity index (χ0) is 15.2. The topological polar surface area (TPSA) is 39.5 Å². The van der Waals surface area contributed by atoms with Gasteiger partial charge in [0.05, 0.1) is 31.0 Å². The van der Waals surface area contributed by atoms with Gasteiger partial charge in [-0.05, 0) is 44.0 Å². The molecule has 5 heterocycles. The Morgan fingerprint density at radius 3 is 2.83 bits per heavy atom. The first-order valence-electron chi connectivity index (χ1n) is 8.81. The van der Waals surface area contributed by atoms with Gasteiger partial charge in [-0.2, -0.15) is 5.10 Å². The lowest BCUT2D eigenvalue weighted by Gasteiger charge is -2.44. The molecule has 0 saturated carbocycles. The van der Waals surface area contributed by atoms with Gasteiger partial charge in [0.15, 0.2) is 0 Å². The number of nitrogens with zero attached hydrogens (tertiary/aromatic N) is 3. The number of rotatable bonds is 3. The summed E-state index contributed by atoms with van der Waals surface area (Å²) in [5.41, 5.74) is 1.21. The van der Waals surface area contributed by atoms with E-state index in [0.29, 0.717) is 12.6 Å². The summed E-state index contributed by atoms with van der Waals surface area (Å²) in [5, 5.41) is 5.93. The van der Waals surface area contributed by atoms with Crippen molar-refractivity contribution in [2.45, 2.75) is 31.4 Å². The summed E-state index contributed by atoms with van der Waals surface area (Å²) in [6, 6.07) is 6.87. The van der Waals surface area contributed by atoms with Gasteiger partial charge in [0, 0.05) is 24.4 Å². The van der Waals surface area contributed by atoms with E-state index in [0.717, 1.165) is 31.2 Å². The maximum atomic E-state index is 6.08. The molecule has 0 aliphatic carbocycles. The first kappa shape index (κ1) is 13.8. The van der Waals surface area contributed by atoms with Crippen LogP contribution in [0.3, 0.4) is 0 Å². The zero-order valence-electron chi connectivity index (χ0n) is 13.4. The van der Waals surface area contributed by atoms with Gasteiger partial charge in [-0.3, -0.25) is 4.68 Å². The molecule has 0 amide bonds. The lowest BCUT2D eigenvalue weighted by molar-refractivity contribution is 0.0533. The molecule has 4 aliphatic heterocycles. The minimum Gasteiger partial charge on any atom is -0.488 e. The maximum Gasteiger partial charge on any atom is 0.124 e. The molecule has 4 saturated heterocycles. The van der Waals surface area contributed by atoms with Crippen LogP contribution < -0.4 is 4.74 Å². The average molecular weight is 313 g/mol. The first-order valence-corrected chi connectivity index (χ1v) is 8.81. The number of hydrogen-bond donors (Lipinski definition) is 0. The van der Waals surface area contributed by atoms with Crippen LogP contribution in [-0.2, 0) is 4.74 Å². The molecular formula is C18H23N3O2. The Hall–Kier alpha value is -1.59. The van der Waals surface area contributed by atoms with Gasteiger partial charge in [0.2, 0.25) is 0 Å². The van der Waals surface area contributed by atoms with E-state index in [9.17, 15) is 0 Å². The normalized spacial score (nSPS) is 33.4. The Labute approximate surface area is 136 Å². The second kappa shape index (κ2) is 5.49. The summed E-state index contributed by atoms with van der Waals surface area (Å²) >= 11 is 0. The van der Waals surface area contributed by atoms with Gasteiger partial charge in [0.1, 0.15) is 11.9 Å². The minimum atomic E-state index is 0.195. The average Bonchev–Trinajstić information content (AvgIpc) is 3.25. The molecule has 1 aromatic carbocycles.